The minimum atomic E-state index is 0.218. The summed E-state index contributed by atoms with van der Waals surface area (Å²) < 4.78 is 0. The molecule has 1 aliphatic heterocycles. The zero-order chi connectivity index (χ0) is 11.3. The molecule has 0 aromatic rings. The second kappa shape index (κ2) is 5.89. The number of amides is 1. The molecule has 0 aromatic carbocycles. The fraction of sp³-hybridized carbons (Fsp3) is 0.833. The summed E-state index contributed by atoms with van der Waals surface area (Å²) in [4.78, 5) is 23.9. The summed E-state index contributed by atoms with van der Waals surface area (Å²) in [6.45, 7) is 6.18. The molecule has 1 amide bonds. The van der Waals surface area contributed by atoms with E-state index in [0.29, 0.717) is 31.1 Å². The van der Waals surface area contributed by atoms with Crippen LogP contribution in [-0.4, -0.2) is 30.2 Å². The Morgan fingerprint density at radius 1 is 1.33 bits per heavy atom. The maximum Gasteiger partial charge on any atom is 0.222 e. The van der Waals surface area contributed by atoms with Gasteiger partial charge in [-0.25, -0.2) is 0 Å². The smallest absolute Gasteiger partial charge is 0.222 e. The highest BCUT2D eigenvalue weighted by Crippen LogP contribution is 2.21. The Balaban J connectivity index is 2.34. The van der Waals surface area contributed by atoms with Crippen LogP contribution in [0.15, 0.2) is 0 Å². The van der Waals surface area contributed by atoms with Gasteiger partial charge in [0.1, 0.15) is 6.29 Å². The molecular formula is C12H21NO2. The van der Waals surface area contributed by atoms with Crippen LogP contribution in [0, 0.1) is 11.8 Å². The Bertz CT molecular complexity index is 218. The third-order valence-electron chi connectivity index (χ3n) is 2.93. The van der Waals surface area contributed by atoms with E-state index in [2.05, 4.69) is 13.8 Å². The highest BCUT2D eigenvalue weighted by atomic mass is 16.2. The Morgan fingerprint density at radius 3 is 2.47 bits per heavy atom. The number of carbonyl (C=O) groups is 2. The first-order chi connectivity index (χ1) is 7.13. The highest BCUT2D eigenvalue weighted by Gasteiger charge is 2.24. The van der Waals surface area contributed by atoms with E-state index in [1.807, 2.05) is 4.90 Å². The van der Waals surface area contributed by atoms with Gasteiger partial charge in [0.05, 0.1) is 0 Å². The van der Waals surface area contributed by atoms with Crippen LogP contribution in [-0.2, 0) is 9.59 Å². The van der Waals surface area contributed by atoms with E-state index in [0.717, 1.165) is 19.4 Å². The third kappa shape index (κ3) is 4.02. The molecule has 1 heterocycles. The first-order valence-corrected chi connectivity index (χ1v) is 5.85. The Kier molecular flexibility index (Phi) is 4.79. The van der Waals surface area contributed by atoms with Crippen molar-refractivity contribution in [3.63, 3.8) is 0 Å². The van der Waals surface area contributed by atoms with Crippen LogP contribution < -0.4 is 0 Å². The zero-order valence-corrected chi connectivity index (χ0v) is 9.74. The summed E-state index contributed by atoms with van der Waals surface area (Å²) in [6, 6.07) is 0. The minimum absolute atomic E-state index is 0.218. The molecule has 0 saturated carbocycles. The molecule has 86 valence electrons. The number of carbonyl (C=O) groups excluding carboxylic acids is 2. The van der Waals surface area contributed by atoms with Crippen molar-refractivity contribution in [1.82, 2.24) is 4.90 Å². The summed E-state index contributed by atoms with van der Waals surface area (Å²) in [5.41, 5.74) is 0. The lowest BCUT2D eigenvalue weighted by atomic mass is 9.91. The highest BCUT2D eigenvalue weighted by molar-refractivity contribution is 5.76. The van der Waals surface area contributed by atoms with Gasteiger partial charge in [0, 0.05) is 25.9 Å². The fourth-order valence-corrected chi connectivity index (χ4v) is 2.36. The lowest BCUT2D eigenvalue weighted by molar-refractivity contribution is -0.134. The zero-order valence-electron chi connectivity index (χ0n) is 9.74. The van der Waals surface area contributed by atoms with E-state index in [-0.39, 0.29) is 5.91 Å². The number of rotatable bonds is 4. The van der Waals surface area contributed by atoms with E-state index in [9.17, 15) is 9.59 Å². The summed E-state index contributed by atoms with van der Waals surface area (Å²) in [5, 5.41) is 0. The topological polar surface area (TPSA) is 37.4 Å². The van der Waals surface area contributed by atoms with E-state index in [1.165, 1.54) is 6.42 Å². The average Bonchev–Trinajstić information content (AvgIpc) is 2.16. The van der Waals surface area contributed by atoms with Crippen molar-refractivity contribution in [3.05, 3.63) is 0 Å². The first-order valence-electron chi connectivity index (χ1n) is 5.85. The van der Waals surface area contributed by atoms with E-state index >= 15 is 0 Å². The third-order valence-corrected chi connectivity index (χ3v) is 2.93. The molecular weight excluding hydrogens is 190 g/mol. The molecule has 0 aromatic heterocycles. The van der Waals surface area contributed by atoms with Gasteiger partial charge in [0.2, 0.25) is 5.91 Å². The lowest BCUT2D eigenvalue weighted by Crippen LogP contribution is -2.42. The molecule has 0 bridgehead atoms. The van der Waals surface area contributed by atoms with Gasteiger partial charge in [0.15, 0.2) is 0 Å². The summed E-state index contributed by atoms with van der Waals surface area (Å²) in [5.74, 6) is 1.45. The predicted molar refractivity (Wildman–Crippen MR) is 59.4 cm³/mol. The van der Waals surface area contributed by atoms with Gasteiger partial charge >= 0.3 is 0 Å². The molecule has 0 radical (unpaired) electrons. The molecule has 0 aliphatic carbocycles. The Labute approximate surface area is 91.8 Å². The molecule has 2 unspecified atom stereocenters. The number of hydrogen-bond donors (Lipinski definition) is 0. The van der Waals surface area contributed by atoms with Gasteiger partial charge in [0.25, 0.3) is 0 Å². The number of nitrogens with zero attached hydrogens (tertiary/aromatic N) is 1. The van der Waals surface area contributed by atoms with Gasteiger partial charge in [-0.05, 0) is 24.7 Å². The normalized spacial score (nSPS) is 26.4. The maximum atomic E-state index is 11.8. The van der Waals surface area contributed by atoms with Gasteiger partial charge in [-0.3, -0.25) is 4.79 Å². The first kappa shape index (κ1) is 12.2. The largest absolute Gasteiger partial charge is 0.342 e. The molecule has 1 rings (SSSR count). The molecule has 15 heavy (non-hydrogen) atoms. The van der Waals surface area contributed by atoms with Crippen molar-refractivity contribution in [1.29, 1.82) is 0 Å². The number of aldehydes is 1. The molecule has 2 atom stereocenters. The number of piperidine rings is 1. The maximum absolute atomic E-state index is 11.8. The summed E-state index contributed by atoms with van der Waals surface area (Å²) in [7, 11) is 0. The van der Waals surface area contributed by atoms with E-state index in [4.69, 9.17) is 0 Å². The number of likely N-dealkylation sites (tertiary alicyclic amines) is 1. The van der Waals surface area contributed by atoms with Crippen molar-refractivity contribution < 1.29 is 9.59 Å². The molecule has 3 nitrogen and oxygen atoms in total. The van der Waals surface area contributed by atoms with Crippen LogP contribution in [0.4, 0.5) is 0 Å². The molecule has 3 heteroatoms. The quantitative estimate of drug-likeness (QED) is 0.526. The van der Waals surface area contributed by atoms with Crippen LogP contribution in [0.25, 0.3) is 0 Å². The Morgan fingerprint density at radius 2 is 1.93 bits per heavy atom. The van der Waals surface area contributed by atoms with Gasteiger partial charge in [-0.1, -0.05) is 13.8 Å². The van der Waals surface area contributed by atoms with Crippen LogP contribution >= 0.6 is 0 Å². The second-order valence-corrected chi connectivity index (χ2v) is 4.80. The van der Waals surface area contributed by atoms with Crippen LogP contribution in [0.2, 0.25) is 0 Å². The minimum Gasteiger partial charge on any atom is -0.342 e. The molecule has 1 saturated heterocycles. The van der Waals surface area contributed by atoms with Crippen molar-refractivity contribution >= 4 is 12.2 Å². The molecule has 1 aliphatic rings. The van der Waals surface area contributed by atoms with Crippen molar-refractivity contribution in [2.45, 2.75) is 39.5 Å². The number of hydrogen-bond acceptors (Lipinski definition) is 2. The standard InChI is InChI=1S/C12H21NO2/c1-10-7-11(2)9-13(8-10)12(15)5-3-4-6-14/h6,10-11H,3-5,7-9H2,1-2H3. The van der Waals surface area contributed by atoms with E-state index in [1.54, 1.807) is 0 Å². The fourth-order valence-electron chi connectivity index (χ4n) is 2.36. The lowest BCUT2D eigenvalue weighted by Gasteiger charge is -2.35. The predicted octanol–water partition coefficient (Wildman–Crippen LogP) is 1.86. The number of unbranched alkanes of at least 4 members (excludes halogenated alkanes) is 1. The Hall–Kier alpha value is -0.860. The monoisotopic (exact) mass is 211 g/mol. The van der Waals surface area contributed by atoms with Crippen LogP contribution in [0.5, 0.6) is 0 Å². The van der Waals surface area contributed by atoms with Gasteiger partial charge in [-0.2, -0.15) is 0 Å². The summed E-state index contributed by atoms with van der Waals surface area (Å²) in [6.07, 6.45) is 3.83. The average molecular weight is 211 g/mol. The van der Waals surface area contributed by atoms with E-state index < -0.39 is 0 Å². The van der Waals surface area contributed by atoms with Crippen molar-refractivity contribution in [2.75, 3.05) is 13.1 Å². The SMILES string of the molecule is CC1CC(C)CN(C(=O)CCCC=O)C1. The summed E-state index contributed by atoms with van der Waals surface area (Å²) >= 11 is 0. The second-order valence-electron chi connectivity index (χ2n) is 4.80. The van der Waals surface area contributed by atoms with Crippen LogP contribution in [0.1, 0.15) is 39.5 Å². The molecule has 0 spiro atoms. The molecule has 1 fully saturated rings. The van der Waals surface area contributed by atoms with Crippen molar-refractivity contribution in [2.24, 2.45) is 11.8 Å². The van der Waals surface area contributed by atoms with Crippen molar-refractivity contribution in [3.8, 4) is 0 Å². The van der Waals surface area contributed by atoms with Gasteiger partial charge in [-0.15, -0.1) is 0 Å². The van der Waals surface area contributed by atoms with Gasteiger partial charge < -0.3 is 9.69 Å². The van der Waals surface area contributed by atoms with Crippen LogP contribution in [0.3, 0.4) is 0 Å². The molecule has 0 N–H and O–H groups in total.